The summed E-state index contributed by atoms with van der Waals surface area (Å²) in [7, 11) is 1.82. The molecule has 6 heteroatoms. The largest absolute Gasteiger partial charge is 0.345 e. The zero-order valence-corrected chi connectivity index (χ0v) is 13.4. The highest BCUT2D eigenvalue weighted by atomic mass is 79.9. The van der Waals surface area contributed by atoms with Gasteiger partial charge in [0.05, 0.1) is 16.2 Å². The highest BCUT2D eigenvalue weighted by Gasteiger charge is 2.13. The molecule has 3 aromatic rings. The van der Waals surface area contributed by atoms with Crippen molar-refractivity contribution in [3.05, 3.63) is 57.9 Å². The van der Waals surface area contributed by atoms with Crippen LogP contribution in [-0.4, -0.2) is 15.5 Å². The van der Waals surface area contributed by atoms with Crippen LogP contribution in [0.2, 0.25) is 5.02 Å². The number of hydrogen-bond donors (Lipinski definition) is 1. The van der Waals surface area contributed by atoms with Gasteiger partial charge in [-0.1, -0.05) is 11.6 Å². The van der Waals surface area contributed by atoms with E-state index in [9.17, 15) is 4.79 Å². The van der Waals surface area contributed by atoms with E-state index in [4.69, 9.17) is 11.6 Å². The highest BCUT2D eigenvalue weighted by Crippen LogP contribution is 2.28. The predicted octanol–water partition coefficient (Wildman–Crippen LogP) is 4.24. The zero-order valence-electron chi connectivity index (χ0n) is 11.1. The van der Waals surface area contributed by atoms with Gasteiger partial charge in [-0.15, -0.1) is 0 Å². The summed E-state index contributed by atoms with van der Waals surface area (Å²) < 4.78 is 2.61. The average Bonchev–Trinajstić information content (AvgIpc) is 2.81. The van der Waals surface area contributed by atoms with E-state index >= 15 is 0 Å². The van der Waals surface area contributed by atoms with Gasteiger partial charge in [-0.05, 0) is 46.3 Å². The number of nitrogens with one attached hydrogen (secondary N) is 1. The van der Waals surface area contributed by atoms with Gasteiger partial charge in [0, 0.05) is 29.3 Å². The minimum absolute atomic E-state index is 0.197. The number of pyridine rings is 1. The summed E-state index contributed by atoms with van der Waals surface area (Å²) in [6.07, 6.45) is 3.50. The molecule has 2 heterocycles. The number of rotatable bonds is 2. The monoisotopic (exact) mass is 363 g/mol. The van der Waals surface area contributed by atoms with E-state index in [1.807, 2.05) is 25.4 Å². The molecule has 0 atom stereocenters. The molecule has 0 bridgehead atoms. The van der Waals surface area contributed by atoms with Crippen LogP contribution in [0.5, 0.6) is 0 Å². The molecule has 1 amide bonds. The molecule has 0 aliphatic heterocycles. The number of hydrogen-bond acceptors (Lipinski definition) is 2. The van der Waals surface area contributed by atoms with Crippen LogP contribution in [-0.2, 0) is 7.05 Å². The van der Waals surface area contributed by atoms with Gasteiger partial charge in [-0.2, -0.15) is 0 Å². The number of carbonyl (C=O) groups excluding carboxylic acids is 1. The predicted molar refractivity (Wildman–Crippen MR) is 87.8 cm³/mol. The summed E-state index contributed by atoms with van der Waals surface area (Å²) in [6.45, 7) is 0. The Labute approximate surface area is 134 Å². The van der Waals surface area contributed by atoms with Crippen LogP contribution in [0.25, 0.3) is 10.9 Å². The molecule has 0 radical (unpaired) electrons. The van der Waals surface area contributed by atoms with E-state index in [0.717, 1.165) is 9.86 Å². The topological polar surface area (TPSA) is 46.9 Å². The van der Waals surface area contributed by atoms with Crippen LogP contribution in [0, 0.1) is 0 Å². The molecular weight excluding hydrogens is 354 g/mol. The summed E-state index contributed by atoms with van der Waals surface area (Å²) in [5.74, 6) is -0.197. The Kier molecular flexibility index (Phi) is 3.69. The van der Waals surface area contributed by atoms with E-state index < -0.39 is 0 Å². The second-order valence-corrected chi connectivity index (χ2v) is 5.93. The molecule has 1 N–H and O–H groups in total. The SMILES string of the molecule is Cn1cc(Br)cc1C(=O)Nc1ccc(Cl)c2cccnc12. The van der Waals surface area contributed by atoms with Gasteiger partial charge in [-0.25, -0.2) is 0 Å². The first-order valence-electron chi connectivity index (χ1n) is 6.22. The summed E-state index contributed by atoms with van der Waals surface area (Å²) in [5, 5.41) is 4.30. The van der Waals surface area contributed by atoms with Gasteiger partial charge in [0.1, 0.15) is 5.69 Å². The van der Waals surface area contributed by atoms with Gasteiger partial charge in [-0.3, -0.25) is 9.78 Å². The lowest BCUT2D eigenvalue weighted by atomic mass is 10.2. The molecule has 21 heavy (non-hydrogen) atoms. The number of amides is 1. The number of benzene rings is 1. The van der Waals surface area contributed by atoms with Crippen molar-refractivity contribution in [3.8, 4) is 0 Å². The fourth-order valence-electron chi connectivity index (χ4n) is 2.18. The molecule has 0 spiro atoms. The minimum atomic E-state index is -0.197. The van der Waals surface area contributed by atoms with Crippen molar-refractivity contribution in [2.45, 2.75) is 0 Å². The third-order valence-electron chi connectivity index (χ3n) is 3.17. The zero-order chi connectivity index (χ0) is 15.0. The van der Waals surface area contributed by atoms with Crippen molar-refractivity contribution in [1.82, 2.24) is 9.55 Å². The van der Waals surface area contributed by atoms with Gasteiger partial charge in [0.25, 0.3) is 5.91 Å². The maximum atomic E-state index is 12.4. The first kappa shape index (κ1) is 14.1. The van der Waals surface area contributed by atoms with Crippen molar-refractivity contribution in [2.24, 2.45) is 7.05 Å². The number of nitrogens with zero attached hydrogens (tertiary/aromatic N) is 2. The summed E-state index contributed by atoms with van der Waals surface area (Å²) in [6, 6.07) is 8.96. The van der Waals surface area contributed by atoms with E-state index in [2.05, 4.69) is 26.2 Å². The summed E-state index contributed by atoms with van der Waals surface area (Å²) in [5.41, 5.74) is 1.87. The lowest BCUT2D eigenvalue weighted by Crippen LogP contribution is -2.15. The number of carbonyl (C=O) groups is 1. The number of aromatic nitrogens is 2. The molecule has 2 aromatic heterocycles. The smallest absolute Gasteiger partial charge is 0.272 e. The first-order chi connectivity index (χ1) is 10.1. The molecule has 0 fully saturated rings. The Hall–Kier alpha value is -1.85. The highest BCUT2D eigenvalue weighted by molar-refractivity contribution is 9.10. The minimum Gasteiger partial charge on any atom is -0.345 e. The standard InChI is InChI=1S/C15H11BrClN3O/c1-20-8-9(16)7-13(20)15(21)19-12-5-4-11(17)10-3-2-6-18-14(10)12/h2-8H,1H3,(H,19,21). The van der Waals surface area contributed by atoms with Crippen molar-refractivity contribution >= 4 is 50.0 Å². The van der Waals surface area contributed by atoms with Crippen LogP contribution >= 0.6 is 27.5 Å². The second-order valence-electron chi connectivity index (χ2n) is 4.60. The molecule has 106 valence electrons. The van der Waals surface area contributed by atoms with Crippen LogP contribution in [0.4, 0.5) is 5.69 Å². The van der Waals surface area contributed by atoms with Crippen molar-refractivity contribution in [1.29, 1.82) is 0 Å². The van der Waals surface area contributed by atoms with Gasteiger partial charge in [0.15, 0.2) is 0 Å². The lowest BCUT2D eigenvalue weighted by Gasteiger charge is -2.09. The average molecular weight is 365 g/mol. The van der Waals surface area contributed by atoms with Crippen LogP contribution in [0.3, 0.4) is 0 Å². The number of aryl methyl sites for hydroxylation is 1. The molecule has 0 aliphatic rings. The Morgan fingerprint density at radius 1 is 1.38 bits per heavy atom. The molecule has 0 unspecified atom stereocenters. The Morgan fingerprint density at radius 2 is 2.19 bits per heavy atom. The van der Waals surface area contributed by atoms with E-state index in [0.29, 0.717) is 21.9 Å². The number of anilines is 1. The molecule has 4 nitrogen and oxygen atoms in total. The van der Waals surface area contributed by atoms with Gasteiger partial charge in [0.2, 0.25) is 0 Å². The molecule has 0 saturated heterocycles. The third kappa shape index (κ3) is 2.66. The lowest BCUT2D eigenvalue weighted by molar-refractivity contribution is 0.101. The van der Waals surface area contributed by atoms with Gasteiger partial charge >= 0.3 is 0 Å². The molecule has 1 aromatic carbocycles. The molecular formula is C15H11BrClN3O. The van der Waals surface area contributed by atoms with E-state index in [1.54, 1.807) is 29.0 Å². The van der Waals surface area contributed by atoms with Crippen molar-refractivity contribution in [3.63, 3.8) is 0 Å². The van der Waals surface area contributed by atoms with Crippen molar-refractivity contribution in [2.75, 3.05) is 5.32 Å². The van der Waals surface area contributed by atoms with Crippen LogP contribution in [0.15, 0.2) is 47.2 Å². The first-order valence-corrected chi connectivity index (χ1v) is 7.40. The Balaban J connectivity index is 2.01. The molecule has 3 rings (SSSR count). The quantitative estimate of drug-likeness (QED) is 0.739. The summed E-state index contributed by atoms with van der Waals surface area (Å²) in [4.78, 5) is 16.7. The van der Waals surface area contributed by atoms with E-state index in [-0.39, 0.29) is 5.91 Å². The van der Waals surface area contributed by atoms with E-state index in [1.165, 1.54) is 0 Å². The fraction of sp³-hybridized carbons (Fsp3) is 0.0667. The van der Waals surface area contributed by atoms with Crippen molar-refractivity contribution < 1.29 is 4.79 Å². The summed E-state index contributed by atoms with van der Waals surface area (Å²) >= 11 is 9.50. The normalized spacial score (nSPS) is 10.8. The van der Waals surface area contributed by atoms with Gasteiger partial charge < -0.3 is 9.88 Å². The Bertz CT molecular complexity index is 844. The van der Waals surface area contributed by atoms with Crippen LogP contribution in [0.1, 0.15) is 10.5 Å². The molecule has 0 saturated carbocycles. The maximum Gasteiger partial charge on any atom is 0.272 e. The molecule has 0 aliphatic carbocycles. The Morgan fingerprint density at radius 3 is 2.90 bits per heavy atom. The third-order valence-corrected chi connectivity index (χ3v) is 3.93. The number of halogens is 2. The number of fused-ring (bicyclic) bond motifs is 1. The fourth-order valence-corrected chi connectivity index (χ4v) is 2.91. The maximum absolute atomic E-state index is 12.4. The second kappa shape index (κ2) is 5.50. The van der Waals surface area contributed by atoms with Crippen LogP contribution < -0.4 is 5.32 Å².